The maximum Gasteiger partial charge on any atom is 0.416 e. The van der Waals surface area contributed by atoms with Crippen molar-refractivity contribution in [1.29, 1.82) is 0 Å². The molecule has 2 atom stereocenters. The number of carboxylic acid groups (broad SMARTS) is 1. The molecule has 33 heavy (non-hydrogen) atoms. The predicted molar refractivity (Wildman–Crippen MR) is 114 cm³/mol. The molecule has 3 aromatic rings. The van der Waals surface area contributed by atoms with Gasteiger partial charge in [-0.05, 0) is 67.4 Å². The molecule has 0 aromatic heterocycles. The van der Waals surface area contributed by atoms with Crippen molar-refractivity contribution >= 4 is 11.8 Å². The van der Waals surface area contributed by atoms with Crippen LogP contribution in [0.5, 0.6) is 17.2 Å². The topological polar surface area (TPSA) is 72.8 Å². The molecular weight excluding hydrogens is 437 g/mol. The number of carboxylic acids is 1. The van der Waals surface area contributed by atoms with Gasteiger partial charge in [-0.3, -0.25) is 9.59 Å². The average molecular weight is 458 g/mol. The lowest BCUT2D eigenvalue weighted by molar-refractivity contribution is -0.148. The minimum Gasteiger partial charge on any atom is -0.483 e. The van der Waals surface area contributed by atoms with Gasteiger partial charge in [-0.25, -0.2) is 0 Å². The third-order valence-electron chi connectivity index (χ3n) is 4.88. The van der Waals surface area contributed by atoms with Crippen molar-refractivity contribution in [1.82, 2.24) is 0 Å². The largest absolute Gasteiger partial charge is 0.483 e. The van der Waals surface area contributed by atoms with Gasteiger partial charge in [0.1, 0.15) is 23.2 Å². The zero-order valence-corrected chi connectivity index (χ0v) is 17.6. The van der Waals surface area contributed by atoms with Crippen LogP contribution in [0.15, 0.2) is 78.9 Å². The number of alkyl halides is 3. The van der Waals surface area contributed by atoms with Crippen molar-refractivity contribution in [3.8, 4) is 17.2 Å². The van der Waals surface area contributed by atoms with Crippen LogP contribution in [0.4, 0.5) is 13.2 Å². The minimum absolute atomic E-state index is 0.0581. The molecule has 0 bridgehead atoms. The summed E-state index contributed by atoms with van der Waals surface area (Å²) in [6.07, 6.45) is -5.37. The Kier molecular flexibility index (Phi) is 7.37. The maximum atomic E-state index is 12.7. The fourth-order valence-electron chi connectivity index (χ4n) is 3.14. The first-order valence-corrected chi connectivity index (χ1v) is 10.1. The van der Waals surface area contributed by atoms with E-state index in [2.05, 4.69) is 0 Å². The van der Waals surface area contributed by atoms with Gasteiger partial charge in [0.15, 0.2) is 11.9 Å². The van der Waals surface area contributed by atoms with Crippen LogP contribution in [-0.4, -0.2) is 23.0 Å². The number of rotatable bonds is 9. The van der Waals surface area contributed by atoms with Gasteiger partial charge >= 0.3 is 12.1 Å². The lowest BCUT2D eigenvalue weighted by Crippen LogP contribution is -2.36. The molecule has 0 fully saturated rings. The number of carbonyl (C=O) groups excluding carboxylic acids is 1. The summed E-state index contributed by atoms with van der Waals surface area (Å²) in [7, 11) is 0. The molecule has 0 heterocycles. The summed E-state index contributed by atoms with van der Waals surface area (Å²) in [4.78, 5) is 24.3. The summed E-state index contributed by atoms with van der Waals surface area (Å²) in [6.45, 7) is 1.48. The Labute approximate surface area is 188 Å². The van der Waals surface area contributed by atoms with E-state index >= 15 is 0 Å². The molecule has 8 heteroatoms. The molecule has 0 radical (unpaired) electrons. The van der Waals surface area contributed by atoms with E-state index in [-0.39, 0.29) is 12.2 Å². The monoisotopic (exact) mass is 458 g/mol. The predicted octanol–water partition coefficient (Wildman–Crippen LogP) is 5.78. The Balaban J connectivity index is 1.61. The number of hydrogen-bond donors (Lipinski definition) is 1. The first kappa shape index (κ1) is 23.8. The molecule has 5 nitrogen and oxygen atoms in total. The molecule has 1 N–H and O–H groups in total. The highest BCUT2D eigenvalue weighted by Crippen LogP contribution is 2.31. The fourth-order valence-corrected chi connectivity index (χ4v) is 3.14. The molecule has 0 aliphatic heterocycles. The highest BCUT2D eigenvalue weighted by Gasteiger charge is 2.32. The lowest BCUT2D eigenvalue weighted by Gasteiger charge is -2.18. The quantitative estimate of drug-likeness (QED) is 0.412. The van der Waals surface area contributed by atoms with E-state index in [1.165, 1.54) is 43.3 Å². The van der Waals surface area contributed by atoms with Gasteiger partial charge in [-0.1, -0.05) is 30.3 Å². The van der Waals surface area contributed by atoms with Gasteiger partial charge in [0, 0.05) is 0 Å². The highest BCUT2D eigenvalue weighted by molar-refractivity contribution is 6.00. The van der Waals surface area contributed by atoms with Crippen molar-refractivity contribution in [3.63, 3.8) is 0 Å². The second kappa shape index (κ2) is 10.2. The molecule has 1 unspecified atom stereocenters. The van der Waals surface area contributed by atoms with Gasteiger partial charge in [0.25, 0.3) is 0 Å². The van der Waals surface area contributed by atoms with E-state index in [1.54, 1.807) is 30.3 Å². The van der Waals surface area contributed by atoms with E-state index in [0.717, 1.165) is 17.7 Å². The molecule has 0 aliphatic rings. The fraction of sp³-hybridized carbons (Fsp3) is 0.200. The van der Waals surface area contributed by atoms with Crippen LogP contribution in [-0.2, 0) is 22.2 Å². The average Bonchev–Trinajstić information content (AvgIpc) is 2.78. The lowest BCUT2D eigenvalue weighted by atomic mass is 9.93. The summed E-state index contributed by atoms with van der Waals surface area (Å²) < 4.78 is 49.1. The van der Waals surface area contributed by atoms with E-state index in [1.807, 2.05) is 0 Å². The third-order valence-corrected chi connectivity index (χ3v) is 4.88. The number of Topliss-reactive ketones (excluding diaryl/α,β-unsaturated/α-hetero) is 1. The van der Waals surface area contributed by atoms with Gasteiger partial charge in [-0.15, -0.1) is 0 Å². The van der Waals surface area contributed by atoms with Crippen LogP contribution < -0.4 is 9.47 Å². The first-order valence-electron chi connectivity index (χ1n) is 10.1. The number of aliphatic carboxylic acids is 1. The van der Waals surface area contributed by atoms with E-state index < -0.39 is 35.5 Å². The summed E-state index contributed by atoms with van der Waals surface area (Å²) in [6, 6.07) is 19.2. The molecular formula is C25H21F3O5. The number of hydrogen-bond acceptors (Lipinski definition) is 4. The van der Waals surface area contributed by atoms with Crippen LogP contribution in [0, 0.1) is 5.92 Å². The Morgan fingerprint density at radius 2 is 1.36 bits per heavy atom. The minimum atomic E-state index is -4.42. The number of halogens is 3. The number of ether oxygens (including phenoxy) is 2. The van der Waals surface area contributed by atoms with Gasteiger partial charge in [0.2, 0.25) is 0 Å². The molecule has 3 rings (SSSR count). The number of ketones is 1. The SMILES string of the molecule is CC(Oc1ccc(Oc2ccc(C(F)(F)F)cc2)cc1)C(=O)[C@@H](Cc1ccccc1)C(=O)O. The van der Waals surface area contributed by atoms with Crippen LogP contribution in [0.25, 0.3) is 0 Å². The molecule has 0 aliphatic carbocycles. The van der Waals surface area contributed by atoms with Crippen molar-refractivity contribution in [2.24, 2.45) is 5.92 Å². The van der Waals surface area contributed by atoms with Crippen LogP contribution in [0.3, 0.4) is 0 Å². The standard InChI is InChI=1S/C25H21F3O5/c1-16(23(29)22(24(30)31)15-17-5-3-2-4-6-17)32-19-11-13-21(14-12-19)33-20-9-7-18(8-10-20)25(26,27)28/h2-14,16,22H,15H2,1H3,(H,30,31)/t16?,22-/m1/s1. The zero-order chi connectivity index (χ0) is 24.0. The number of benzene rings is 3. The summed E-state index contributed by atoms with van der Waals surface area (Å²) >= 11 is 0. The Hall–Kier alpha value is -3.81. The summed E-state index contributed by atoms with van der Waals surface area (Å²) in [5.41, 5.74) is -0.0422. The van der Waals surface area contributed by atoms with Crippen LogP contribution in [0.1, 0.15) is 18.1 Å². The second-order valence-electron chi connectivity index (χ2n) is 7.34. The Bertz CT molecular complexity index is 1080. The first-order chi connectivity index (χ1) is 15.6. The third kappa shape index (κ3) is 6.58. The molecule has 172 valence electrons. The van der Waals surface area contributed by atoms with Crippen molar-refractivity contribution in [2.45, 2.75) is 25.6 Å². The molecule has 0 spiro atoms. The summed E-state index contributed by atoms with van der Waals surface area (Å²) in [5.74, 6) is -2.13. The van der Waals surface area contributed by atoms with Gasteiger partial charge < -0.3 is 14.6 Å². The van der Waals surface area contributed by atoms with E-state index in [9.17, 15) is 27.9 Å². The van der Waals surface area contributed by atoms with Gasteiger partial charge in [0.05, 0.1) is 5.56 Å². The van der Waals surface area contributed by atoms with Crippen molar-refractivity contribution in [2.75, 3.05) is 0 Å². The maximum absolute atomic E-state index is 12.7. The molecule has 3 aromatic carbocycles. The Morgan fingerprint density at radius 1 is 0.848 bits per heavy atom. The van der Waals surface area contributed by atoms with Crippen LogP contribution in [0.2, 0.25) is 0 Å². The van der Waals surface area contributed by atoms with Gasteiger partial charge in [-0.2, -0.15) is 13.2 Å². The van der Waals surface area contributed by atoms with Crippen molar-refractivity contribution < 1.29 is 37.3 Å². The second-order valence-corrected chi connectivity index (χ2v) is 7.34. The van der Waals surface area contributed by atoms with Crippen LogP contribution >= 0.6 is 0 Å². The normalized spacial score (nSPS) is 13.1. The van der Waals surface area contributed by atoms with E-state index in [4.69, 9.17) is 9.47 Å². The molecule has 0 saturated heterocycles. The molecule has 0 amide bonds. The zero-order valence-electron chi connectivity index (χ0n) is 17.6. The smallest absolute Gasteiger partial charge is 0.416 e. The molecule has 0 saturated carbocycles. The highest BCUT2D eigenvalue weighted by atomic mass is 19.4. The summed E-state index contributed by atoms with van der Waals surface area (Å²) in [5, 5.41) is 9.50. The van der Waals surface area contributed by atoms with Crippen molar-refractivity contribution in [3.05, 3.63) is 90.0 Å². The Morgan fingerprint density at radius 3 is 1.88 bits per heavy atom. The number of carbonyl (C=O) groups is 2. The van der Waals surface area contributed by atoms with E-state index in [0.29, 0.717) is 11.5 Å².